The van der Waals surface area contributed by atoms with Crippen LogP contribution < -0.4 is 11.1 Å². The molecule has 0 bridgehead atoms. The van der Waals surface area contributed by atoms with Gasteiger partial charge in [0.2, 0.25) is 0 Å². The van der Waals surface area contributed by atoms with Crippen LogP contribution in [0.3, 0.4) is 0 Å². The lowest BCUT2D eigenvalue weighted by molar-refractivity contribution is 0.865. The SMILES string of the molecule is CC(C)c1ccc(CNc2ncnc(N)c2Cl)cc1. The first-order chi connectivity index (χ1) is 9.08. The van der Waals surface area contributed by atoms with Crippen LogP contribution in [0.25, 0.3) is 0 Å². The van der Waals surface area contributed by atoms with Crippen molar-refractivity contribution in [3.8, 4) is 0 Å². The Kier molecular flexibility index (Phi) is 4.22. The zero-order chi connectivity index (χ0) is 13.8. The molecule has 1 aromatic carbocycles. The lowest BCUT2D eigenvalue weighted by Crippen LogP contribution is -2.04. The summed E-state index contributed by atoms with van der Waals surface area (Å²) in [4.78, 5) is 7.89. The highest BCUT2D eigenvalue weighted by molar-refractivity contribution is 6.35. The quantitative estimate of drug-likeness (QED) is 0.898. The summed E-state index contributed by atoms with van der Waals surface area (Å²) in [6.07, 6.45) is 1.39. The zero-order valence-corrected chi connectivity index (χ0v) is 11.8. The lowest BCUT2D eigenvalue weighted by Gasteiger charge is -2.09. The number of hydrogen-bond acceptors (Lipinski definition) is 4. The van der Waals surface area contributed by atoms with Gasteiger partial charge in [-0.15, -0.1) is 0 Å². The van der Waals surface area contributed by atoms with Crippen LogP contribution in [0.1, 0.15) is 30.9 Å². The lowest BCUT2D eigenvalue weighted by atomic mass is 10.0. The molecule has 2 aromatic rings. The van der Waals surface area contributed by atoms with Crippen molar-refractivity contribution >= 4 is 23.2 Å². The van der Waals surface area contributed by atoms with Gasteiger partial charge in [-0.05, 0) is 17.0 Å². The van der Waals surface area contributed by atoms with E-state index in [4.69, 9.17) is 17.3 Å². The fourth-order valence-corrected chi connectivity index (χ4v) is 1.88. The largest absolute Gasteiger partial charge is 0.382 e. The molecule has 1 aromatic heterocycles. The van der Waals surface area contributed by atoms with Crippen LogP contribution in [0.5, 0.6) is 0 Å². The number of aromatic nitrogens is 2. The first-order valence-corrected chi connectivity index (χ1v) is 6.54. The van der Waals surface area contributed by atoms with Crippen molar-refractivity contribution in [2.75, 3.05) is 11.1 Å². The van der Waals surface area contributed by atoms with E-state index in [1.54, 1.807) is 0 Å². The number of anilines is 2. The number of benzene rings is 1. The number of nitrogen functional groups attached to an aromatic ring is 1. The molecule has 0 radical (unpaired) electrons. The molecule has 0 aliphatic heterocycles. The van der Waals surface area contributed by atoms with Crippen LogP contribution in [0, 0.1) is 0 Å². The van der Waals surface area contributed by atoms with Gasteiger partial charge in [0, 0.05) is 6.54 Å². The van der Waals surface area contributed by atoms with Crippen molar-refractivity contribution in [3.63, 3.8) is 0 Å². The Labute approximate surface area is 118 Å². The maximum Gasteiger partial charge on any atom is 0.150 e. The predicted molar refractivity (Wildman–Crippen MR) is 79.3 cm³/mol. The molecule has 0 aliphatic carbocycles. The number of halogens is 1. The summed E-state index contributed by atoms with van der Waals surface area (Å²) in [6.45, 7) is 5.00. The van der Waals surface area contributed by atoms with Gasteiger partial charge in [0.1, 0.15) is 17.2 Å². The fourth-order valence-electron chi connectivity index (χ4n) is 1.71. The molecule has 0 atom stereocenters. The Hall–Kier alpha value is -1.81. The number of nitrogens with two attached hydrogens (primary N) is 1. The Bertz CT molecular complexity index is 552. The van der Waals surface area contributed by atoms with Crippen LogP contribution in [-0.2, 0) is 6.54 Å². The molecule has 0 fully saturated rings. The minimum absolute atomic E-state index is 0.286. The van der Waals surface area contributed by atoms with Crippen LogP contribution >= 0.6 is 11.6 Å². The second kappa shape index (κ2) is 5.89. The fraction of sp³-hybridized carbons (Fsp3) is 0.286. The molecule has 1 heterocycles. The second-order valence-electron chi connectivity index (χ2n) is 4.67. The first-order valence-electron chi connectivity index (χ1n) is 6.16. The summed E-state index contributed by atoms with van der Waals surface area (Å²) < 4.78 is 0. The van der Waals surface area contributed by atoms with Crippen LogP contribution in [0.15, 0.2) is 30.6 Å². The maximum atomic E-state index is 6.01. The molecule has 0 spiro atoms. The molecular weight excluding hydrogens is 260 g/mol. The number of rotatable bonds is 4. The molecule has 5 heteroatoms. The average Bonchev–Trinajstić information content (AvgIpc) is 2.41. The standard InChI is InChI=1S/C14H17ClN4/c1-9(2)11-5-3-10(4-6-11)7-17-14-12(15)13(16)18-8-19-14/h3-6,8-9H,7H2,1-2H3,(H3,16,17,18,19). The average molecular weight is 277 g/mol. The minimum atomic E-state index is 0.286. The van der Waals surface area contributed by atoms with Gasteiger partial charge >= 0.3 is 0 Å². The third-order valence-electron chi connectivity index (χ3n) is 2.92. The van der Waals surface area contributed by atoms with E-state index in [2.05, 4.69) is 53.4 Å². The van der Waals surface area contributed by atoms with Crippen LogP contribution in [0.2, 0.25) is 5.02 Å². The summed E-state index contributed by atoms with van der Waals surface area (Å²) in [5, 5.41) is 3.52. The van der Waals surface area contributed by atoms with E-state index in [1.165, 1.54) is 11.9 Å². The van der Waals surface area contributed by atoms with Crippen molar-refractivity contribution in [3.05, 3.63) is 46.7 Å². The van der Waals surface area contributed by atoms with Gasteiger partial charge in [-0.2, -0.15) is 0 Å². The van der Waals surface area contributed by atoms with Crippen molar-refractivity contribution in [2.45, 2.75) is 26.3 Å². The van der Waals surface area contributed by atoms with Crippen LogP contribution in [0.4, 0.5) is 11.6 Å². The van der Waals surface area contributed by atoms with Crippen molar-refractivity contribution < 1.29 is 0 Å². The van der Waals surface area contributed by atoms with E-state index in [1.807, 2.05) is 0 Å². The summed E-state index contributed by atoms with van der Waals surface area (Å²) in [5.74, 6) is 1.38. The van der Waals surface area contributed by atoms with Crippen LogP contribution in [-0.4, -0.2) is 9.97 Å². The molecule has 19 heavy (non-hydrogen) atoms. The molecule has 0 unspecified atom stereocenters. The molecule has 0 saturated heterocycles. The normalized spacial score (nSPS) is 10.7. The smallest absolute Gasteiger partial charge is 0.150 e. The summed E-state index contributed by atoms with van der Waals surface area (Å²) in [7, 11) is 0. The molecule has 3 N–H and O–H groups in total. The Balaban J connectivity index is 2.04. The molecule has 0 amide bonds. The molecule has 4 nitrogen and oxygen atoms in total. The molecule has 2 rings (SSSR count). The van der Waals surface area contributed by atoms with Crippen molar-refractivity contribution in [1.29, 1.82) is 0 Å². The van der Waals surface area contributed by atoms with Gasteiger partial charge < -0.3 is 11.1 Å². The third-order valence-corrected chi connectivity index (χ3v) is 3.30. The predicted octanol–water partition coefficient (Wildman–Crippen LogP) is 3.45. The summed E-state index contributed by atoms with van der Waals surface area (Å²) >= 11 is 6.01. The first kappa shape index (κ1) is 13.6. The highest BCUT2D eigenvalue weighted by atomic mass is 35.5. The molecule has 0 saturated carbocycles. The van der Waals surface area contributed by atoms with E-state index in [0.29, 0.717) is 23.3 Å². The van der Waals surface area contributed by atoms with Gasteiger partial charge in [-0.25, -0.2) is 9.97 Å². The van der Waals surface area contributed by atoms with E-state index in [-0.39, 0.29) is 5.82 Å². The monoisotopic (exact) mass is 276 g/mol. The molecular formula is C14H17ClN4. The molecule has 0 aliphatic rings. The minimum Gasteiger partial charge on any atom is -0.382 e. The van der Waals surface area contributed by atoms with Gasteiger partial charge in [0.05, 0.1) is 0 Å². The second-order valence-corrected chi connectivity index (χ2v) is 5.05. The highest BCUT2D eigenvalue weighted by Crippen LogP contribution is 2.23. The third kappa shape index (κ3) is 3.35. The zero-order valence-electron chi connectivity index (χ0n) is 11.0. The van der Waals surface area contributed by atoms with E-state index in [9.17, 15) is 0 Å². The topological polar surface area (TPSA) is 63.8 Å². The number of hydrogen-bond donors (Lipinski definition) is 2. The molecule has 100 valence electrons. The summed E-state index contributed by atoms with van der Waals surface area (Å²) in [5.41, 5.74) is 8.11. The maximum absolute atomic E-state index is 6.01. The van der Waals surface area contributed by atoms with Gasteiger partial charge in [-0.3, -0.25) is 0 Å². The van der Waals surface area contributed by atoms with E-state index < -0.39 is 0 Å². The van der Waals surface area contributed by atoms with Gasteiger partial charge in [-0.1, -0.05) is 49.7 Å². The summed E-state index contributed by atoms with van der Waals surface area (Å²) in [6, 6.07) is 8.47. The van der Waals surface area contributed by atoms with E-state index in [0.717, 1.165) is 5.56 Å². The highest BCUT2D eigenvalue weighted by Gasteiger charge is 2.06. The number of nitrogens with one attached hydrogen (secondary N) is 1. The Morgan fingerprint density at radius 1 is 1.21 bits per heavy atom. The van der Waals surface area contributed by atoms with Gasteiger partial charge in [0.25, 0.3) is 0 Å². The van der Waals surface area contributed by atoms with E-state index >= 15 is 0 Å². The Morgan fingerprint density at radius 2 is 1.89 bits per heavy atom. The van der Waals surface area contributed by atoms with Crippen molar-refractivity contribution in [2.24, 2.45) is 0 Å². The Morgan fingerprint density at radius 3 is 2.53 bits per heavy atom. The van der Waals surface area contributed by atoms with Gasteiger partial charge in [0.15, 0.2) is 5.82 Å². The van der Waals surface area contributed by atoms with Crippen molar-refractivity contribution in [1.82, 2.24) is 9.97 Å². The number of nitrogens with zero attached hydrogens (tertiary/aromatic N) is 2.